The van der Waals surface area contributed by atoms with Crippen molar-refractivity contribution in [3.63, 3.8) is 0 Å². The monoisotopic (exact) mass is 296 g/mol. The number of nitrogens with one attached hydrogen (secondary N) is 1. The van der Waals surface area contributed by atoms with Crippen molar-refractivity contribution >= 4 is 22.4 Å². The zero-order chi connectivity index (χ0) is 12.4. The molecule has 0 aromatic rings. The van der Waals surface area contributed by atoms with Crippen molar-refractivity contribution < 1.29 is 21.6 Å². The van der Waals surface area contributed by atoms with E-state index in [1.54, 1.807) is 0 Å². The summed E-state index contributed by atoms with van der Waals surface area (Å²) in [6, 6.07) is -0.544. The van der Waals surface area contributed by atoms with Crippen LogP contribution < -0.4 is 5.32 Å². The van der Waals surface area contributed by atoms with Gasteiger partial charge in [-0.2, -0.15) is 17.5 Å². The molecular formula is C8H16ClF3N2O2S. The Morgan fingerprint density at radius 1 is 1.29 bits per heavy atom. The topological polar surface area (TPSA) is 49.4 Å². The maximum Gasteiger partial charge on any atom is 0.402 e. The first kappa shape index (κ1) is 16.9. The van der Waals surface area contributed by atoms with Crippen LogP contribution in [0.1, 0.15) is 12.8 Å². The number of halogens is 4. The fourth-order valence-corrected chi connectivity index (χ4v) is 2.92. The van der Waals surface area contributed by atoms with E-state index >= 15 is 0 Å². The van der Waals surface area contributed by atoms with Gasteiger partial charge in [0.15, 0.2) is 0 Å². The number of hydrogen-bond acceptors (Lipinski definition) is 3. The molecule has 0 amide bonds. The lowest BCUT2D eigenvalue weighted by atomic mass is 10.1. The molecule has 1 saturated heterocycles. The first-order valence-electron chi connectivity index (χ1n) is 4.94. The Morgan fingerprint density at radius 3 is 2.12 bits per heavy atom. The van der Waals surface area contributed by atoms with Crippen LogP contribution in [0.4, 0.5) is 13.2 Å². The maximum atomic E-state index is 12.3. The molecule has 0 aromatic carbocycles. The quantitative estimate of drug-likeness (QED) is 0.845. The van der Waals surface area contributed by atoms with E-state index in [2.05, 4.69) is 5.32 Å². The van der Waals surface area contributed by atoms with Gasteiger partial charge in [0.05, 0.1) is 6.26 Å². The molecule has 0 unspecified atom stereocenters. The minimum absolute atomic E-state index is 0. The second-order valence-electron chi connectivity index (χ2n) is 3.90. The normalized spacial score (nSPS) is 19.1. The molecule has 1 aliphatic rings. The highest BCUT2D eigenvalue weighted by Gasteiger charge is 2.38. The number of piperidine rings is 1. The van der Waals surface area contributed by atoms with Crippen LogP contribution in [-0.4, -0.2) is 50.8 Å². The third-order valence-electron chi connectivity index (χ3n) is 2.48. The van der Waals surface area contributed by atoms with Crippen molar-refractivity contribution in [3.05, 3.63) is 0 Å². The summed E-state index contributed by atoms with van der Waals surface area (Å²) in [4.78, 5) is 0. The molecule has 0 bridgehead atoms. The van der Waals surface area contributed by atoms with Crippen LogP contribution in [0.25, 0.3) is 0 Å². The summed E-state index contributed by atoms with van der Waals surface area (Å²) in [5.41, 5.74) is 0. The van der Waals surface area contributed by atoms with Crippen molar-refractivity contribution in [2.75, 3.05) is 25.9 Å². The van der Waals surface area contributed by atoms with E-state index in [0.717, 1.165) is 6.26 Å². The van der Waals surface area contributed by atoms with E-state index in [1.165, 1.54) is 0 Å². The summed E-state index contributed by atoms with van der Waals surface area (Å²) in [6.07, 6.45) is -2.83. The molecule has 1 rings (SSSR count). The summed E-state index contributed by atoms with van der Waals surface area (Å²) in [7, 11) is -3.81. The van der Waals surface area contributed by atoms with Crippen LogP contribution >= 0.6 is 12.4 Å². The van der Waals surface area contributed by atoms with Crippen LogP contribution in [0.15, 0.2) is 0 Å². The smallest absolute Gasteiger partial charge is 0.317 e. The molecule has 1 heterocycles. The fourth-order valence-electron chi connectivity index (χ4n) is 1.79. The lowest BCUT2D eigenvalue weighted by Gasteiger charge is -2.33. The predicted octanol–water partition coefficient (Wildman–Crippen LogP) is 0.984. The lowest BCUT2D eigenvalue weighted by Crippen LogP contribution is -2.49. The van der Waals surface area contributed by atoms with E-state index in [-0.39, 0.29) is 12.4 Å². The van der Waals surface area contributed by atoms with E-state index in [0.29, 0.717) is 30.2 Å². The number of sulfonamides is 1. The van der Waals surface area contributed by atoms with Gasteiger partial charge in [-0.1, -0.05) is 0 Å². The van der Waals surface area contributed by atoms with Gasteiger partial charge >= 0.3 is 6.18 Å². The maximum absolute atomic E-state index is 12.3. The summed E-state index contributed by atoms with van der Waals surface area (Å²) in [5.74, 6) is 0. The zero-order valence-corrected chi connectivity index (χ0v) is 11.0. The standard InChI is InChI=1S/C8H15F3N2O2S.ClH/c1-16(14,15)13(6-8(9,10)11)7-2-4-12-5-3-7;/h7,12H,2-6H2,1H3;1H. The van der Waals surface area contributed by atoms with E-state index < -0.39 is 28.8 Å². The predicted molar refractivity (Wildman–Crippen MR) is 60.7 cm³/mol. The number of alkyl halides is 3. The van der Waals surface area contributed by atoms with Gasteiger partial charge in [0.25, 0.3) is 0 Å². The third kappa shape index (κ3) is 5.89. The number of rotatable bonds is 3. The summed E-state index contributed by atoms with van der Waals surface area (Å²) in [6.45, 7) is -0.292. The summed E-state index contributed by atoms with van der Waals surface area (Å²) < 4.78 is 60.0. The zero-order valence-electron chi connectivity index (χ0n) is 9.33. The van der Waals surface area contributed by atoms with Crippen LogP contribution in [0.2, 0.25) is 0 Å². The average Bonchev–Trinajstić information content (AvgIpc) is 2.13. The van der Waals surface area contributed by atoms with Gasteiger partial charge in [-0.3, -0.25) is 0 Å². The van der Waals surface area contributed by atoms with Gasteiger partial charge in [0.1, 0.15) is 6.54 Å². The van der Waals surface area contributed by atoms with Crippen molar-refractivity contribution in [2.24, 2.45) is 0 Å². The van der Waals surface area contributed by atoms with Crippen LogP contribution in [0.3, 0.4) is 0 Å². The van der Waals surface area contributed by atoms with Crippen LogP contribution in [0.5, 0.6) is 0 Å². The molecule has 0 aromatic heterocycles. The van der Waals surface area contributed by atoms with E-state index in [4.69, 9.17) is 0 Å². The molecule has 0 spiro atoms. The Kier molecular flexibility index (Phi) is 6.20. The second-order valence-corrected chi connectivity index (χ2v) is 5.84. The molecule has 1 aliphatic heterocycles. The highest BCUT2D eigenvalue weighted by Crippen LogP contribution is 2.23. The molecule has 9 heteroatoms. The molecule has 104 valence electrons. The highest BCUT2D eigenvalue weighted by molar-refractivity contribution is 7.88. The highest BCUT2D eigenvalue weighted by atomic mass is 35.5. The molecule has 17 heavy (non-hydrogen) atoms. The molecule has 1 N–H and O–H groups in total. The van der Waals surface area contributed by atoms with Crippen LogP contribution in [0, 0.1) is 0 Å². The van der Waals surface area contributed by atoms with Gasteiger partial charge < -0.3 is 5.32 Å². The fraction of sp³-hybridized carbons (Fsp3) is 1.00. The minimum atomic E-state index is -4.49. The van der Waals surface area contributed by atoms with Gasteiger partial charge in [-0.05, 0) is 25.9 Å². The molecule has 0 radical (unpaired) electrons. The minimum Gasteiger partial charge on any atom is -0.317 e. The molecule has 0 saturated carbocycles. The molecule has 4 nitrogen and oxygen atoms in total. The van der Waals surface area contributed by atoms with Gasteiger partial charge in [0, 0.05) is 6.04 Å². The second kappa shape index (κ2) is 6.21. The SMILES string of the molecule is CS(=O)(=O)N(CC(F)(F)F)C1CCNCC1.Cl. The first-order valence-corrected chi connectivity index (χ1v) is 6.79. The molecular weight excluding hydrogens is 281 g/mol. The Balaban J connectivity index is 0.00000256. The van der Waals surface area contributed by atoms with Crippen molar-refractivity contribution in [2.45, 2.75) is 25.1 Å². The summed E-state index contributed by atoms with van der Waals surface area (Å²) in [5, 5.41) is 2.98. The Morgan fingerprint density at radius 2 is 1.76 bits per heavy atom. The molecule has 0 atom stereocenters. The van der Waals surface area contributed by atoms with Crippen molar-refractivity contribution in [1.29, 1.82) is 0 Å². The molecule has 1 fully saturated rings. The van der Waals surface area contributed by atoms with Gasteiger partial charge in [0.2, 0.25) is 10.0 Å². The Bertz CT molecular complexity index is 328. The Hall–Kier alpha value is -0.0500. The van der Waals surface area contributed by atoms with E-state index in [9.17, 15) is 21.6 Å². The number of hydrogen-bond donors (Lipinski definition) is 1. The van der Waals surface area contributed by atoms with Crippen LogP contribution in [-0.2, 0) is 10.0 Å². The van der Waals surface area contributed by atoms with Crippen molar-refractivity contribution in [1.82, 2.24) is 9.62 Å². The largest absolute Gasteiger partial charge is 0.402 e. The number of nitrogens with zero attached hydrogens (tertiary/aromatic N) is 1. The van der Waals surface area contributed by atoms with Gasteiger partial charge in [-0.25, -0.2) is 8.42 Å². The van der Waals surface area contributed by atoms with Gasteiger partial charge in [-0.15, -0.1) is 12.4 Å². The lowest BCUT2D eigenvalue weighted by molar-refractivity contribution is -0.140. The molecule has 0 aliphatic carbocycles. The third-order valence-corrected chi connectivity index (χ3v) is 3.76. The first-order chi connectivity index (χ1) is 7.20. The average molecular weight is 297 g/mol. The Labute approximate surface area is 105 Å². The van der Waals surface area contributed by atoms with E-state index in [1.807, 2.05) is 0 Å². The summed E-state index contributed by atoms with van der Waals surface area (Å²) >= 11 is 0. The van der Waals surface area contributed by atoms with Crippen molar-refractivity contribution in [3.8, 4) is 0 Å².